The molecule has 0 amide bonds. The summed E-state index contributed by atoms with van der Waals surface area (Å²) in [6.07, 6.45) is 19.0. The highest BCUT2D eigenvalue weighted by molar-refractivity contribution is 5.90. The van der Waals surface area contributed by atoms with Crippen molar-refractivity contribution >= 4 is 5.97 Å². The topological polar surface area (TPSA) is 66.8 Å². The third-order valence-corrected chi connectivity index (χ3v) is 8.78. The fraction of sp³-hybridized carbons (Fsp3) is 0.567. The third-order valence-electron chi connectivity index (χ3n) is 8.78. The van der Waals surface area contributed by atoms with Crippen LogP contribution in [0.15, 0.2) is 71.9 Å². The van der Waals surface area contributed by atoms with E-state index in [0.29, 0.717) is 42.6 Å². The molecule has 1 aliphatic heterocycles. The van der Waals surface area contributed by atoms with E-state index in [1.165, 1.54) is 31.3 Å². The first-order chi connectivity index (χ1) is 16.2. The lowest BCUT2D eigenvalue weighted by Gasteiger charge is -2.44. The predicted octanol–water partition coefficient (Wildman–Crippen LogP) is 5.75. The second kappa shape index (κ2) is 10.2. The van der Waals surface area contributed by atoms with Crippen LogP contribution in [0, 0.1) is 23.2 Å². The lowest BCUT2D eigenvalue weighted by Crippen LogP contribution is -2.35. The molecule has 1 heterocycles. The number of hydrogen-bond acceptors (Lipinski definition) is 4. The van der Waals surface area contributed by atoms with Crippen molar-refractivity contribution in [2.24, 2.45) is 23.2 Å². The number of carbonyl (C=O) groups excluding carboxylic acids is 1. The standard InChI is InChI=1S/C30H40O4/c1-19(8-5-6-10-25-16-20(2)29(33)34-25)26-13-14-27-22(9-7-15-30(26,27)4)11-12-23-17-24(31)18-28(32)21(23)3/h5-6,8,10-12,19,24-28,31-32H,2-3,7,9,13-18H2,1,4H3/t19-,24-,25?,26-,27+,28+,30-/m1/s1. The summed E-state index contributed by atoms with van der Waals surface area (Å²) in [5.41, 5.74) is 4.10. The van der Waals surface area contributed by atoms with Crippen LogP contribution in [-0.4, -0.2) is 34.5 Å². The Morgan fingerprint density at radius 3 is 2.68 bits per heavy atom. The number of aliphatic hydroxyl groups is 2. The average molecular weight is 465 g/mol. The molecule has 0 spiro atoms. The van der Waals surface area contributed by atoms with E-state index in [-0.39, 0.29) is 17.5 Å². The molecule has 2 N–H and O–H groups in total. The van der Waals surface area contributed by atoms with Crippen LogP contribution in [0.4, 0.5) is 0 Å². The van der Waals surface area contributed by atoms with Crippen molar-refractivity contribution in [3.63, 3.8) is 0 Å². The number of carbonyl (C=O) groups is 1. The molecule has 0 bridgehead atoms. The van der Waals surface area contributed by atoms with Gasteiger partial charge in [-0.25, -0.2) is 4.79 Å². The van der Waals surface area contributed by atoms with E-state index in [1.807, 2.05) is 12.2 Å². The maximum Gasteiger partial charge on any atom is 0.334 e. The van der Waals surface area contributed by atoms with Gasteiger partial charge in [0, 0.05) is 18.4 Å². The zero-order valence-electron chi connectivity index (χ0n) is 20.7. The zero-order valence-corrected chi connectivity index (χ0v) is 20.7. The van der Waals surface area contributed by atoms with Crippen LogP contribution in [-0.2, 0) is 9.53 Å². The highest BCUT2D eigenvalue weighted by atomic mass is 16.5. The van der Waals surface area contributed by atoms with Crippen LogP contribution in [0.25, 0.3) is 0 Å². The van der Waals surface area contributed by atoms with Gasteiger partial charge in [-0.3, -0.25) is 0 Å². The van der Waals surface area contributed by atoms with Crippen LogP contribution >= 0.6 is 0 Å². The smallest absolute Gasteiger partial charge is 0.334 e. The number of cyclic esters (lactones) is 1. The highest BCUT2D eigenvalue weighted by Gasteiger charge is 2.50. The molecular weight excluding hydrogens is 424 g/mol. The molecule has 3 aliphatic carbocycles. The lowest BCUT2D eigenvalue weighted by molar-refractivity contribution is -0.137. The van der Waals surface area contributed by atoms with Crippen molar-refractivity contribution in [3.05, 3.63) is 71.9 Å². The molecule has 184 valence electrons. The number of aliphatic hydroxyl groups excluding tert-OH is 2. The largest absolute Gasteiger partial charge is 0.454 e. The molecule has 0 aromatic heterocycles. The molecule has 0 aromatic rings. The Hall–Kier alpha value is -2.17. The molecule has 1 unspecified atom stereocenters. The summed E-state index contributed by atoms with van der Waals surface area (Å²) in [5.74, 6) is 1.41. The van der Waals surface area contributed by atoms with E-state index in [1.54, 1.807) is 0 Å². The molecule has 1 saturated heterocycles. The first-order valence-electron chi connectivity index (χ1n) is 12.9. The van der Waals surface area contributed by atoms with Gasteiger partial charge >= 0.3 is 5.97 Å². The summed E-state index contributed by atoms with van der Waals surface area (Å²) < 4.78 is 5.26. The van der Waals surface area contributed by atoms with Crippen LogP contribution in [0.5, 0.6) is 0 Å². The first kappa shape index (κ1) is 24.9. The van der Waals surface area contributed by atoms with Gasteiger partial charge in [-0.15, -0.1) is 0 Å². The monoisotopic (exact) mass is 464 g/mol. The minimum absolute atomic E-state index is 0.184. The summed E-state index contributed by atoms with van der Waals surface area (Å²) in [7, 11) is 0. The molecule has 4 heteroatoms. The minimum Gasteiger partial charge on any atom is -0.454 e. The quantitative estimate of drug-likeness (QED) is 0.309. The minimum atomic E-state index is -0.637. The number of fused-ring (bicyclic) bond motifs is 1. The Bertz CT molecular complexity index is 935. The summed E-state index contributed by atoms with van der Waals surface area (Å²) in [4.78, 5) is 11.5. The van der Waals surface area contributed by atoms with E-state index >= 15 is 0 Å². The Morgan fingerprint density at radius 2 is 1.94 bits per heavy atom. The van der Waals surface area contributed by atoms with Gasteiger partial charge in [0.15, 0.2) is 0 Å². The summed E-state index contributed by atoms with van der Waals surface area (Å²) >= 11 is 0. The average Bonchev–Trinajstić information content (AvgIpc) is 3.31. The fourth-order valence-electron chi connectivity index (χ4n) is 6.87. The lowest BCUT2D eigenvalue weighted by atomic mass is 9.61. The van der Waals surface area contributed by atoms with Gasteiger partial charge < -0.3 is 14.9 Å². The van der Waals surface area contributed by atoms with Crippen molar-refractivity contribution < 1.29 is 19.7 Å². The molecule has 4 rings (SSSR count). The van der Waals surface area contributed by atoms with Gasteiger partial charge in [0.1, 0.15) is 6.10 Å². The van der Waals surface area contributed by atoms with Crippen molar-refractivity contribution in [1.82, 2.24) is 0 Å². The Balaban J connectivity index is 1.42. The Labute approximate surface area is 204 Å². The van der Waals surface area contributed by atoms with E-state index < -0.39 is 12.2 Å². The molecule has 34 heavy (non-hydrogen) atoms. The maximum atomic E-state index is 11.5. The maximum absolute atomic E-state index is 11.5. The SMILES string of the molecule is C=C1CC(C=CC=C[C@@H](C)[C@H]2CC[C@H]3C(=CC=C4C[C@@H](O)C[C@H](O)C4=C)CCC[C@]23C)OC1=O. The van der Waals surface area contributed by atoms with Crippen molar-refractivity contribution in [1.29, 1.82) is 0 Å². The Morgan fingerprint density at radius 1 is 1.15 bits per heavy atom. The molecule has 4 aliphatic rings. The zero-order chi connectivity index (χ0) is 24.5. The highest BCUT2D eigenvalue weighted by Crippen LogP contribution is 2.59. The van der Waals surface area contributed by atoms with Gasteiger partial charge in [-0.1, -0.05) is 63.0 Å². The van der Waals surface area contributed by atoms with Crippen molar-refractivity contribution in [2.45, 2.75) is 83.5 Å². The first-order valence-corrected chi connectivity index (χ1v) is 12.9. The van der Waals surface area contributed by atoms with Crippen molar-refractivity contribution in [3.8, 4) is 0 Å². The second-order valence-corrected chi connectivity index (χ2v) is 11.0. The fourth-order valence-corrected chi connectivity index (χ4v) is 6.87. The summed E-state index contributed by atoms with van der Waals surface area (Å²) in [6.45, 7) is 12.6. The second-order valence-electron chi connectivity index (χ2n) is 11.0. The molecular formula is C30H40O4. The van der Waals surface area contributed by atoms with Crippen molar-refractivity contribution in [2.75, 3.05) is 0 Å². The number of hydrogen-bond donors (Lipinski definition) is 2. The molecule has 4 fully saturated rings. The summed E-state index contributed by atoms with van der Waals surface area (Å²) in [6, 6.07) is 0. The molecule has 7 atom stereocenters. The van der Waals surface area contributed by atoms with Gasteiger partial charge in [-0.05, 0) is 78.9 Å². The number of esters is 1. The van der Waals surface area contributed by atoms with Gasteiger partial charge in [0.25, 0.3) is 0 Å². The normalized spacial score (nSPS) is 40.0. The molecule has 4 nitrogen and oxygen atoms in total. The third kappa shape index (κ3) is 5.08. The van der Waals surface area contributed by atoms with Crippen LogP contribution in [0.1, 0.15) is 65.2 Å². The van der Waals surface area contributed by atoms with Crippen LogP contribution in [0.2, 0.25) is 0 Å². The van der Waals surface area contributed by atoms with Gasteiger partial charge in [0.2, 0.25) is 0 Å². The van der Waals surface area contributed by atoms with E-state index in [0.717, 1.165) is 17.6 Å². The van der Waals surface area contributed by atoms with Crippen LogP contribution < -0.4 is 0 Å². The van der Waals surface area contributed by atoms with E-state index in [4.69, 9.17) is 4.74 Å². The molecule has 0 aromatic carbocycles. The van der Waals surface area contributed by atoms with E-state index in [2.05, 4.69) is 51.3 Å². The van der Waals surface area contributed by atoms with Gasteiger partial charge in [-0.2, -0.15) is 0 Å². The Kier molecular flexibility index (Phi) is 7.49. The number of rotatable bonds is 5. The number of allylic oxidation sites excluding steroid dienone is 6. The molecule has 0 radical (unpaired) electrons. The summed E-state index contributed by atoms with van der Waals surface area (Å²) in [5, 5.41) is 20.2. The number of ether oxygens (including phenoxy) is 1. The predicted molar refractivity (Wildman–Crippen MR) is 136 cm³/mol. The van der Waals surface area contributed by atoms with E-state index in [9.17, 15) is 15.0 Å². The van der Waals surface area contributed by atoms with Crippen LogP contribution in [0.3, 0.4) is 0 Å². The van der Waals surface area contributed by atoms with Gasteiger partial charge in [0.05, 0.1) is 12.2 Å². The molecule has 3 saturated carbocycles.